The maximum atomic E-state index is 5.85. The van der Waals surface area contributed by atoms with Crippen molar-refractivity contribution in [3.8, 4) is 95.7 Å². The predicted octanol–water partition coefficient (Wildman–Crippen LogP) is 21.9. The quantitative estimate of drug-likeness (QED) is 0.121. The third-order valence-electron chi connectivity index (χ3n) is 26.2. The third kappa shape index (κ3) is 10.7. The zero-order chi connectivity index (χ0) is 80.8. The number of aromatic nitrogens is 7. The molecular weight excluding hydrogens is 1600 g/mol. The molecule has 0 amide bonds. The minimum atomic E-state index is -3.71. The monoisotopic (exact) mass is 1680 g/mol. The standard InChI is InChI=1S/C58H38GeN4.C55H39GeN3/c1-5-20-39(21-6-1)56-55-47-32-13-16-33-50(47)59(41-23-7-2-8-24-41,42-25-9-3-10-26-42)57(55)61-58(60-56)40-22-19-29-44(36-40)63-52-35-18-15-31-46(52)49-37-48-45-30-14-17-34-51(45)62(53(48)38-54(49)63)43-27-11-4-12-28-43;1-55(2)46-30-15-12-27-41(46)44-34-45-42-28-14-17-32-49(42)59(50(45)35-47(44)55)40-26-18-21-37(33-40)54-57-52(36-19-6-3-7-20-36)51-43-29-13-16-31-48(43)56(53(51)58-54,38-22-8-4-9-23-38)39-24-10-5-11-25-39/h1-38H;3-35H,1-2H3. The van der Waals surface area contributed by atoms with Gasteiger partial charge in [0, 0.05) is 0 Å². The molecule has 0 saturated carbocycles. The number of fused-ring (bicyclic) bond motifs is 18. The van der Waals surface area contributed by atoms with Crippen molar-refractivity contribution in [2.24, 2.45) is 0 Å². The number of para-hydroxylation sites is 4. The number of nitrogens with zero attached hydrogens (tertiary/aromatic N) is 7. The van der Waals surface area contributed by atoms with Crippen molar-refractivity contribution in [1.29, 1.82) is 0 Å². The van der Waals surface area contributed by atoms with Crippen molar-refractivity contribution < 1.29 is 0 Å². The van der Waals surface area contributed by atoms with Gasteiger partial charge in [0.1, 0.15) is 0 Å². The fourth-order valence-corrected chi connectivity index (χ4v) is 42.0. The molecule has 0 unspecified atom stereocenters. The van der Waals surface area contributed by atoms with E-state index >= 15 is 0 Å². The first-order chi connectivity index (χ1) is 60.3. The molecule has 22 aromatic rings. The summed E-state index contributed by atoms with van der Waals surface area (Å²) in [5, 5.41) is 7.44. The fraction of sp³-hybridized carbons (Fsp3) is 0.0265. The summed E-state index contributed by atoms with van der Waals surface area (Å²) in [4.78, 5) is 22.9. The van der Waals surface area contributed by atoms with Gasteiger partial charge in [-0.05, 0) is 18.2 Å². The van der Waals surface area contributed by atoms with E-state index < -0.39 is 26.5 Å². The molecule has 9 heteroatoms. The molecule has 3 aliphatic rings. The van der Waals surface area contributed by atoms with E-state index in [1.54, 1.807) is 0 Å². The molecule has 1 aliphatic carbocycles. The second kappa shape index (κ2) is 28.3. The molecule has 7 nitrogen and oxygen atoms in total. The van der Waals surface area contributed by atoms with Crippen molar-refractivity contribution in [1.82, 2.24) is 33.6 Å². The Labute approximate surface area is 712 Å². The maximum absolute atomic E-state index is 5.85. The second-order valence-electron chi connectivity index (χ2n) is 33.0. The van der Waals surface area contributed by atoms with E-state index in [4.69, 9.17) is 19.9 Å². The van der Waals surface area contributed by atoms with Gasteiger partial charge in [-0.25, -0.2) is 0 Å². The average Bonchev–Trinajstić information content (AvgIpc) is 1.56. The number of rotatable bonds is 11. The third-order valence-corrected chi connectivity index (χ3v) is 46.0. The van der Waals surface area contributed by atoms with E-state index in [2.05, 4.69) is 458 Å². The van der Waals surface area contributed by atoms with Crippen molar-refractivity contribution in [3.05, 3.63) is 442 Å². The molecule has 0 fully saturated rings. The summed E-state index contributed by atoms with van der Waals surface area (Å²) in [6.07, 6.45) is 0. The first-order valence-electron chi connectivity index (χ1n) is 42.1. The van der Waals surface area contributed by atoms with Crippen LogP contribution in [0.2, 0.25) is 0 Å². The van der Waals surface area contributed by atoms with Gasteiger partial charge < -0.3 is 0 Å². The summed E-state index contributed by atoms with van der Waals surface area (Å²) in [6.45, 7) is 4.72. The molecule has 0 radical (unpaired) electrons. The summed E-state index contributed by atoms with van der Waals surface area (Å²) < 4.78 is 17.9. The van der Waals surface area contributed by atoms with Gasteiger partial charge in [0.15, 0.2) is 0 Å². The van der Waals surface area contributed by atoms with Crippen LogP contribution in [-0.2, 0) is 5.41 Å². The van der Waals surface area contributed by atoms with Gasteiger partial charge in [-0.3, -0.25) is 0 Å². The van der Waals surface area contributed by atoms with Crippen LogP contribution in [-0.4, -0.2) is 60.2 Å². The molecule has 572 valence electrons. The molecule has 0 bridgehead atoms. The molecule has 0 saturated heterocycles. The van der Waals surface area contributed by atoms with Gasteiger partial charge in [0.05, 0.1) is 0 Å². The van der Waals surface area contributed by atoms with Crippen LogP contribution in [0.15, 0.2) is 431 Å². The van der Waals surface area contributed by atoms with E-state index in [9.17, 15) is 0 Å². The Balaban J connectivity index is 0.000000138. The molecule has 17 aromatic carbocycles. The molecular formula is C113H77Ge2N7. The Morgan fingerprint density at radius 1 is 0.221 bits per heavy atom. The summed E-state index contributed by atoms with van der Waals surface area (Å²) >= 11 is -7.40. The van der Waals surface area contributed by atoms with Crippen LogP contribution < -0.4 is 35.4 Å². The zero-order valence-electron chi connectivity index (χ0n) is 67.1. The van der Waals surface area contributed by atoms with E-state index in [1.807, 2.05) is 0 Å². The van der Waals surface area contributed by atoms with E-state index in [0.29, 0.717) is 0 Å². The fourth-order valence-electron chi connectivity index (χ4n) is 21.0. The minimum absolute atomic E-state index is 0.109. The van der Waals surface area contributed by atoms with Gasteiger partial charge in [-0.2, -0.15) is 0 Å². The summed E-state index contributed by atoms with van der Waals surface area (Å²) in [5.74, 6) is 1.48. The normalized spacial score (nSPS) is 13.5. The summed E-state index contributed by atoms with van der Waals surface area (Å²) in [7, 11) is 0. The van der Waals surface area contributed by atoms with Crippen LogP contribution in [0, 0.1) is 0 Å². The zero-order valence-corrected chi connectivity index (χ0v) is 71.3. The van der Waals surface area contributed by atoms with Crippen molar-refractivity contribution >= 4 is 127 Å². The molecule has 0 atom stereocenters. The van der Waals surface area contributed by atoms with E-state index in [-0.39, 0.29) is 5.41 Å². The first-order valence-corrected chi connectivity index (χ1v) is 50.5. The van der Waals surface area contributed by atoms with E-state index in [1.165, 1.54) is 129 Å². The van der Waals surface area contributed by atoms with Gasteiger partial charge in [-0.15, -0.1) is 0 Å². The van der Waals surface area contributed by atoms with E-state index in [0.717, 1.165) is 78.9 Å². The predicted molar refractivity (Wildman–Crippen MR) is 512 cm³/mol. The Morgan fingerprint density at radius 3 is 0.984 bits per heavy atom. The summed E-state index contributed by atoms with van der Waals surface area (Å²) in [5.41, 5.74) is 26.6. The SMILES string of the molecule is CC1(C)c2ccccc2-c2cc3c4ccccc4n(-c4cccc(-c5nc(-c6ccccc6)c6[c](n5)[Ge]([c]5ccccc5)([c]5ccccc5)[c]5ccccc5-6)c4)c3cc21.c1ccc(-c2nc(-c3cccc(-n4c5ccccc5c5cc6c7ccccc7n(-c7ccccc7)c6cc54)c3)n[c]3c2-c2cccc[c]2[Ge]3([c]2ccccc2)[c]2ccccc2)cc1. The van der Waals surface area contributed by atoms with Crippen molar-refractivity contribution in [2.75, 3.05) is 0 Å². The van der Waals surface area contributed by atoms with Gasteiger partial charge in [-0.1, -0.05) is 60.7 Å². The van der Waals surface area contributed by atoms with Gasteiger partial charge >= 0.3 is 639 Å². The van der Waals surface area contributed by atoms with Crippen LogP contribution in [0.25, 0.3) is 161 Å². The van der Waals surface area contributed by atoms with Crippen molar-refractivity contribution in [3.63, 3.8) is 0 Å². The van der Waals surface area contributed by atoms with Crippen LogP contribution >= 0.6 is 0 Å². The number of hydrogen-bond donors (Lipinski definition) is 0. The van der Waals surface area contributed by atoms with Crippen LogP contribution in [0.1, 0.15) is 25.0 Å². The Hall–Kier alpha value is -14.6. The topological polar surface area (TPSA) is 66.3 Å². The number of benzene rings is 17. The average molecular weight is 1680 g/mol. The molecule has 25 rings (SSSR count). The summed E-state index contributed by atoms with van der Waals surface area (Å²) in [6, 6.07) is 158. The number of hydrogen-bond acceptors (Lipinski definition) is 4. The molecule has 0 spiro atoms. The van der Waals surface area contributed by atoms with Crippen LogP contribution in [0.4, 0.5) is 0 Å². The first kappa shape index (κ1) is 71.5. The van der Waals surface area contributed by atoms with Crippen LogP contribution in [0.3, 0.4) is 0 Å². The molecule has 122 heavy (non-hydrogen) atoms. The van der Waals surface area contributed by atoms with Gasteiger partial charge in [0.25, 0.3) is 0 Å². The molecule has 7 heterocycles. The van der Waals surface area contributed by atoms with Crippen molar-refractivity contribution in [2.45, 2.75) is 19.3 Å². The van der Waals surface area contributed by atoms with Gasteiger partial charge in [0.2, 0.25) is 0 Å². The Morgan fingerprint density at radius 2 is 0.549 bits per heavy atom. The molecule has 0 N–H and O–H groups in total. The van der Waals surface area contributed by atoms with Crippen LogP contribution in [0.5, 0.6) is 0 Å². The molecule has 5 aromatic heterocycles. The molecule has 2 aliphatic heterocycles. The Bertz CT molecular complexity index is 7880. The Kier molecular flexibility index (Phi) is 16.6. The second-order valence-corrected chi connectivity index (χ2v) is 48.4.